The first-order valence-corrected chi connectivity index (χ1v) is 7.97. The number of rotatable bonds is 6. The maximum absolute atomic E-state index is 11.3. The van der Waals surface area contributed by atoms with Gasteiger partial charge in [0.2, 0.25) is 5.82 Å². The third kappa shape index (κ3) is 2.67. The zero-order chi connectivity index (χ0) is 15.5. The van der Waals surface area contributed by atoms with Crippen molar-refractivity contribution in [3.63, 3.8) is 0 Å². The number of nitrogens with one attached hydrogen (secondary N) is 1. The molecule has 1 unspecified atom stereocenters. The second kappa shape index (κ2) is 6.15. The zero-order valence-corrected chi connectivity index (χ0v) is 12.9. The van der Waals surface area contributed by atoms with E-state index in [0.717, 1.165) is 6.42 Å². The fraction of sp³-hybridized carbons (Fsp3) is 0.267. The molecule has 6 nitrogen and oxygen atoms in total. The van der Waals surface area contributed by atoms with Gasteiger partial charge < -0.3 is 15.4 Å². The van der Waals surface area contributed by atoms with E-state index in [1.54, 1.807) is 11.6 Å². The molecule has 0 radical (unpaired) electrons. The fourth-order valence-corrected chi connectivity index (χ4v) is 3.22. The van der Waals surface area contributed by atoms with Gasteiger partial charge in [-0.15, -0.1) is 0 Å². The van der Waals surface area contributed by atoms with Gasteiger partial charge in [0.15, 0.2) is 0 Å². The first-order valence-electron chi connectivity index (χ1n) is 7.09. The maximum atomic E-state index is 11.3. The van der Waals surface area contributed by atoms with Gasteiger partial charge in [0, 0.05) is 17.8 Å². The molecule has 0 saturated carbocycles. The standard InChI is InChI=1S/C15H16N4O2S/c1-2-11(12-6-4-3-5-7-12)10-16-13-14(19(20)21)18-8-9-22-15(18)17-13/h3-9,11,16H,2,10H2,1H3. The Hall–Kier alpha value is -2.41. The van der Waals surface area contributed by atoms with Gasteiger partial charge in [0.05, 0.1) is 0 Å². The summed E-state index contributed by atoms with van der Waals surface area (Å²) >= 11 is 1.38. The topological polar surface area (TPSA) is 72.5 Å². The van der Waals surface area contributed by atoms with E-state index in [1.807, 2.05) is 18.2 Å². The lowest BCUT2D eigenvalue weighted by atomic mass is 9.96. The Morgan fingerprint density at radius 1 is 1.41 bits per heavy atom. The monoisotopic (exact) mass is 316 g/mol. The van der Waals surface area contributed by atoms with Crippen LogP contribution in [0, 0.1) is 10.1 Å². The quantitative estimate of drug-likeness (QED) is 0.553. The van der Waals surface area contributed by atoms with Crippen LogP contribution in [0.3, 0.4) is 0 Å². The van der Waals surface area contributed by atoms with Gasteiger partial charge in [-0.1, -0.05) is 48.6 Å². The minimum absolute atomic E-state index is 0.000773. The first-order chi connectivity index (χ1) is 10.7. The van der Waals surface area contributed by atoms with E-state index in [0.29, 0.717) is 23.2 Å². The number of nitrogens with zero attached hydrogens (tertiary/aromatic N) is 3. The van der Waals surface area contributed by atoms with Crippen LogP contribution >= 0.6 is 11.3 Å². The first kappa shape index (κ1) is 14.5. The fourth-order valence-electron chi connectivity index (χ4n) is 2.51. The van der Waals surface area contributed by atoms with Crippen molar-refractivity contribution >= 4 is 27.9 Å². The summed E-state index contributed by atoms with van der Waals surface area (Å²) in [4.78, 5) is 15.8. The van der Waals surface area contributed by atoms with Crippen LogP contribution < -0.4 is 5.32 Å². The zero-order valence-electron chi connectivity index (χ0n) is 12.1. The van der Waals surface area contributed by atoms with Crippen LogP contribution in [0.15, 0.2) is 41.9 Å². The number of hydrogen-bond donors (Lipinski definition) is 1. The highest BCUT2D eigenvalue weighted by Gasteiger charge is 2.24. The summed E-state index contributed by atoms with van der Waals surface area (Å²) < 4.78 is 1.51. The van der Waals surface area contributed by atoms with Crippen molar-refractivity contribution in [2.45, 2.75) is 19.3 Å². The second-order valence-electron chi connectivity index (χ2n) is 4.99. The Bertz CT molecular complexity index is 781. The van der Waals surface area contributed by atoms with Crippen LogP contribution in [0.5, 0.6) is 0 Å². The predicted octanol–water partition coefficient (Wildman–Crippen LogP) is 3.91. The number of imidazole rings is 1. The van der Waals surface area contributed by atoms with Crippen molar-refractivity contribution in [2.24, 2.45) is 0 Å². The van der Waals surface area contributed by atoms with Crippen molar-refractivity contribution in [3.05, 3.63) is 57.6 Å². The van der Waals surface area contributed by atoms with E-state index < -0.39 is 4.92 Å². The van der Waals surface area contributed by atoms with Crippen LogP contribution in [0.2, 0.25) is 0 Å². The highest BCUT2D eigenvalue weighted by atomic mass is 32.1. The van der Waals surface area contributed by atoms with E-state index in [9.17, 15) is 10.1 Å². The Kier molecular flexibility index (Phi) is 4.06. The van der Waals surface area contributed by atoms with Gasteiger partial charge in [-0.05, 0) is 16.9 Å². The molecule has 22 heavy (non-hydrogen) atoms. The molecule has 2 heterocycles. The maximum Gasteiger partial charge on any atom is 0.372 e. The second-order valence-corrected chi connectivity index (χ2v) is 5.87. The van der Waals surface area contributed by atoms with Gasteiger partial charge in [-0.2, -0.15) is 9.38 Å². The number of hydrogen-bond acceptors (Lipinski definition) is 5. The third-order valence-corrected chi connectivity index (χ3v) is 4.45. The molecule has 0 aliphatic heterocycles. The molecule has 3 rings (SSSR count). The molecule has 1 aromatic carbocycles. The molecular weight excluding hydrogens is 300 g/mol. The minimum atomic E-state index is -0.390. The highest BCUT2D eigenvalue weighted by Crippen LogP contribution is 2.29. The summed E-state index contributed by atoms with van der Waals surface area (Å²) in [6.45, 7) is 2.73. The number of nitro groups is 1. The highest BCUT2D eigenvalue weighted by molar-refractivity contribution is 7.15. The number of fused-ring (bicyclic) bond motifs is 1. The minimum Gasteiger partial charge on any atom is -0.362 e. The summed E-state index contributed by atoms with van der Waals surface area (Å²) in [5.41, 5.74) is 1.22. The Morgan fingerprint density at radius 3 is 2.86 bits per heavy atom. The molecule has 3 aromatic rings. The number of thiazole rings is 1. The van der Waals surface area contributed by atoms with Gasteiger partial charge in [-0.25, -0.2) is 0 Å². The van der Waals surface area contributed by atoms with Crippen LogP contribution in [-0.4, -0.2) is 20.9 Å². The van der Waals surface area contributed by atoms with Crippen molar-refractivity contribution in [1.82, 2.24) is 9.38 Å². The summed E-state index contributed by atoms with van der Waals surface area (Å²) in [5, 5.41) is 16.2. The van der Waals surface area contributed by atoms with Crippen LogP contribution in [0.1, 0.15) is 24.8 Å². The summed E-state index contributed by atoms with van der Waals surface area (Å²) in [7, 11) is 0. The molecule has 0 spiro atoms. The van der Waals surface area contributed by atoms with Crippen molar-refractivity contribution in [3.8, 4) is 0 Å². The summed E-state index contributed by atoms with van der Waals surface area (Å²) in [6.07, 6.45) is 2.62. The lowest BCUT2D eigenvalue weighted by Gasteiger charge is -2.15. The van der Waals surface area contributed by atoms with Gasteiger partial charge in [-0.3, -0.25) is 0 Å². The Labute approximate surface area is 131 Å². The number of benzene rings is 1. The van der Waals surface area contributed by atoms with Gasteiger partial charge in [0.1, 0.15) is 6.20 Å². The molecule has 7 heteroatoms. The SMILES string of the molecule is CCC(CNc1nc2sccn2c1[N+](=O)[O-])c1ccccc1. The lowest BCUT2D eigenvalue weighted by Crippen LogP contribution is -2.13. The number of aromatic nitrogens is 2. The van der Waals surface area contributed by atoms with Crippen molar-refractivity contribution < 1.29 is 4.92 Å². The summed E-state index contributed by atoms with van der Waals surface area (Å²) in [6, 6.07) is 10.2. The van der Waals surface area contributed by atoms with Crippen LogP contribution in [0.4, 0.5) is 11.6 Å². The van der Waals surface area contributed by atoms with Gasteiger partial charge in [0.25, 0.3) is 4.96 Å². The van der Waals surface area contributed by atoms with Crippen molar-refractivity contribution in [2.75, 3.05) is 11.9 Å². The van der Waals surface area contributed by atoms with Crippen LogP contribution in [-0.2, 0) is 0 Å². The molecular formula is C15H16N4O2S. The molecule has 0 aliphatic rings. The third-order valence-electron chi connectivity index (χ3n) is 3.69. The molecule has 2 aromatic heterocycles. The molecule has 114 valence electrons. The summed E-state index contributed by atoms with van der Waals surface area (Å²) in [5.74, 6) is 0.630. The van der Waals surface area contributed by atoms with E-state index in [1.165, 1.54) is 21.3 Å². The Balaban J connectivity index is 1.82. The Morgan fingerprint density at radius 2 is 2.18 bits per heavy atom. The van der Waals surface area contributed by atoms with Gasteiger partial charge >= 0.3 is 5.82 Å². The smallest absolute Gasteiger partial charge is 0.362 e. The molecule has 1 N–H and O–H groups in total. The van der Waals surface area contributed by atoms with E-state index in [4.69, 9.17) is 0 Å². The molecule has 0 aliphatic carbocycles. The normalized spacial score (nSPS) is 12.4. The van der Waals surface area contributed by atoms with E-state index in [-0.39, 0.29) is 5.82 Å². The molecule has 1 atom stereocenters. The molecule has 0 saturated heterocycles. The van der Waals surface area contributed by atoms with Crippen LogP contribution in [0.25, 0.3) is 4.96 Å². The largest absolute Gasteiger partial charge is 0.372 e. The average molecular weight is 316 g/mol. The average Bonchev–Trinajstić information content (AvgIpc) is 3.09. The molecule has 0 bridgehead atoms. The molecule has 0 amide bonds. The van der Waals surface area contributed by atoms with E-state index in [2.05, 4.69) is 29.4 Å². The van der Waals surface area contributed by atoms with Crippen molar-refractivity contribution in [1.29, 1.82) is 0 Å². The number of anilines is 1. The van der Waals surface area contributed by atoms with E-state index >= 15 is 0 Å². The lowest BCUT2D eigenvalue weighted by molar-refractivity contribution is -0.389. The predicted molar refractivity (Wildman–Crippen MR) is 87.7 cm³/mol. The molecule has 0 fully saturated rings.